The number of amides is 1. The third kappa shape index (κ3) is 5.42. The van der Waals surface area contributed by atoms with Gasteiger partial charge >= 0.3 is 0 Å². The second kappa shape index (κ2) is 9.80. The van der Waals surface area contributed by atoms with Gasteiger partial charge in [0.15, 0.2) is 11.0 Å². The van der Waals surface area contributed by atoms with E-state index < -0.39 is 0 Å². The van der Waals surface area contributed by atoms with Gasteiger partial charge in [0.2, 0.25) is 5.91 Å². The van der Waals surface area contributed by atoms with Gasteiger partial charge in [0.05, 0.1) is 15.8 Å². The fraction of sp³-hybridized carbons (Fsp3) is 0.250. The minimum Gasteiger partial charge on any atom is -0.325 e. The summed E-state index contributed by atoms with van der Waals surface area (Å²) in [4.78, 5) is 13.6. The number of nitrogens with zero attached hydrogens (tertiary/aromatic N) is 3. The number of anilines is 1. The predicted octanol–water partition coefficient (Wildman–Crippen LogP) is 6.35. The highest BCUT2D eigenvalue weighted by molar-refractivity contribution is 7.99. The molecule has 5 nitrogen and oxygen atoms in total. The van der Waals surface area contributed by atoms with Crippen molar-refractivity contribution in [1.82, 2.24) is 14.8 Å². The molecule has 3 rings (SSSR count). The minimum atomic E-state index is -0.166. The third-order valence-corrected chi connectivity index (χ3v) is 6.95. The summed E-state index contributed by atoms with van der Waals surface area (Å²) < 4.78 is 1.97. The van der Waals surface area contributed by atoms with Crippen molar-refractivity contribution in [2.45, 2.75) is 31.5 Å². The van der Waals surface area contributed by atoms with Gasteiger partial charge in [-0.3, -0.25) is 9.36 Å². The number of rotatable bonds is 8. The molecular weight excluding hydrogens is 447 g/mol. The summed E-state index contributed by atoms with van der Waals surface area (Å²) in [6.45, 7) is 8.72. The highest BCUT2D eigenvalue weighted by Gasteiger charge is 2.17. The lowest BCUT2D eigenvalue weighted by Gasteiger charge is -2.08. The zero-order valence-electron chi connectivity index (χ0n) is 16.0. The molecule has 0 radical (unpaired) electrons. The van der Waals surface area contributed by atoms with E-state index in [0.717, 1.165) is 11.4 Å². The molecule has 0 spiro atoms. The molecule has 152 valence electrons. The van der Waals surface area contributed by atoms with E-state index in [1.807, 2.05) is 4.57 Å². The Morgan fingerprint density at radius 2 is 2.10 bits per heavy atom. The molecule has 0 saturated heterocycles. The van der Waals surface area contributed by atoms with Crippen LogP contribution in [0.1, 0.15) is 24.6 Å². The molecule has 0 bridgehead atoms. The Bertz CT molecular complexity index is 1030. The van der Waals surface area contributed by atoms with Crippen LogP contribution in [0.4, 0.5) is 5.69 Å². The zero-order chi connectivity index (χ0) is 21.0. The van der Waals surface area contributed by atoms with Crippen LogP contribution in [-0.4, -0.2) is 26.4 Å². The average molecular weight is 467 g/mol. The predicted molar refractivity (Wildman–Crippen MR) is 123 cm³/mol. The van der Waals surface area contributed by atoms with E-state index in [1.54, 1.807) is 35.6 Å². The van der Waals surface area contributed by atoms with Crippen molar-refractivity contribution in [1.29, 1.82) is 0 Å². The van der Waals surface area contributed by atoms with Gasteiger partial charge in [-0.2, -0.15) is 0 Å². The number of thioether (sulfide) groups is 1. The molecule has 3 aromatic rings. The highest BCUT2D eigenvalue weighted by atomic mass is 35.5. The number of aromatic nitrogens is 3. The maximum absolute atomic E-state index is 12.3. The van der Waals surface area contributed by atoms with E-state index in [4.69, 9.17) is 23.2 Å². The monoisotopic (exact) mass is 466 g/mol. The van der Waals surface area contributed by atoms with Crippen LogP contribution in [0, 0.1) is 0 Å². The lowest BCUT2D eigenvalue weighted by atomic mass is 10.1. The topological polar surface area (TPSA) is 59.8 Å². The Labute approximate surface area is 188 Å². The molecule has 1 N–H and O–H groups in total. The number of halogens is 2. The van der Waals surface area contributed by atoms with Crippen molar-refractivity contribution in [3.05, 3.63) is 57.2 Å². The fourth-order valence-electron chi connectivity index (χ4n) is 2.58. The lowest BCUT2D eigenvalue weighted by molar-refractivity contribution is -0.113. The molecule has 0 aliphatic rings. The van der Waals surface area contributed by atoms with Crippen LogP contribution < -0.4 is 5.32 Å². The van der Waals surface area contributed by atoms with Gasteiger partial charge < -0.3 is 5.32 Å². The number of thiophene rings is 1. The molecule has 0 aliphatic heterocycles. The van der Waals surface area contributed by atoms with Gasteiger partial charge in [0, 0.05) is 28.1 Å². The molecule has 9 heteroatoms. The summed E-state index contributed by atoms with van der Waals surface area (Å²) in [5.41, 5.74) is 1.62. The summed E-state index contributed by atoms with van der Waals surface area (Å²) in [6.07, 6.45) is 1.79. The first-order valence-corrected chi connectivity index (χ1v) is 11.5. The third-order valence-electron chi connectivity index (χ3n) is 4.01. The summed E-state index contributed by atoms with van der Waals surface area (Å²) in [5.74, 6) is 1.26. The largest absolute Gasteiger partial charge is 0.325 e. The van der Waals surface area contributed by atoms with Crippen molar-refractivity contribution in [2.75, 3.05) is 11.1 Å². The van der Waals surface area contributed by atoms with E-state index in [9.17, 15) is 4.79 Å². The molecule has 2 heterocycles. The van der Waals surface area contributed by atoms with Gasteiger partial charge in [-0.25, -0.2) is 0 Å². The smallest absolute Gasteiger partial charge is 0.234 e. The Kier molecular flexibility index (Phi) is 7.40. The summed E-state index contributed by atoms with van der Waals surface area (Å²) in [7, 11) is 0. The molecule has 2 aromatic heterocycles. The molecular formula is C20H20Cl2N4OS2. The van der Waals surface area contributed by atoms with Crippen LogP contribution in [0.5, 0.6) is 0 Å². The zero-order valence-corrected chi connectivity index (χ0v) is 19.1. The second-order valence-corrected chi connectivity index (χ2v) is 9.26. The molecule has 0 fully saturated rings. The van der Waals surface area contributed by atoms with E-state index >= 15 is 0 Å². The Balaban J connectivity index is 1.71. The van der Waals surface area contributed by atoms with E-state index in [2.05, 4.69) is 47.4 Å². The summed E-state index contributed by atoms with van der Waals surface area (Å²) >= 11 is 14.9. The summed E-state index contributed by atoms with van der Waals surface area (Å²) in [6, 6.07) is 7.11. The molecule has 0 atom stereocenters. The van der Waals surface area contributed by atoms with Gasteiger partial charge in [-0.1, -0.05) is 54.9 Å². The average Bonchev–Trinajstić information content (AvgIpc) is 3.31. The van der Waals surface area contributed by atoms with Gasteiger partial charge in [-0.15, -0.1) is 28.1 Å². The van der Waals surface area contributed by atoms with E-state index in [0.29, 0.717) is 33.4 Å². The quantitative estimate of drug-likeness (QED) is 0.310. The number of allylic oxidation sites excluding steroid dienone is 1. The Hall–Kier alpha value is -1.80. The van der Waals surface area contributed by atoms with Crippen molar-refractivity contribution in [2.24, 2.45) is 0 Å². The normalized spacial score (nSPS) is 11.1. The molecule has 1 amide bonds. The minimum absolute atomic E-state index is 0.166. The van der Waals surface area contributed by atoms with Crippen LogP contribution in [0.15, 0.2) is 47.5 Å². The molecule has 0 saturated carbocycles. The number of benzene rings is 1. The van der Waals surface area contributed by atoms with E-state index in [1.165, 1.54) is 16.6 Å². The number of carbonyl (C=O) groups excluding carboxylic acids is 1. The molecule has 0 unspecified atom stereocenters. The maximum Gasteiger partial charge on any atom is 0.234 e. The SMILES string of the molecule is C=CCn1c(SCC(=O)Nc2ccc(Cl)c(Cl)c2)nnc1-c1csc(C(C)C)c1. The standard InChI is InChI=1S/C20H20Cl2N4OS2/c1-4-7-26-19(13-8-17(12(2)3)28-10-13)24-25-20(26)29-11-18(27)23-14-5-6-15(21)16(22)9-14/h4-6,8-10,12H,1,7,11H2,2-3H3,(H,23,27). The van der Waals surface area contributed by atoms with Crippen molar-refractivity contribution >= 4 is 57.9 Å². The van der Waals surface area contributed by atoms with Crippen molar-refractivity contribution < 1.29 is 4.79 Å². The first-order valence-electron chi connectivity index (χ1n) is 8.89. The number of nitrogens with one attached hydrogen (secondary N) is 1. The Morgan fingerprint density at radius 3 is 2.76 bits per heavy atom. The number of carbonyl (C=O) groups is 1. The van der Waals surface area contributed by atoms with Crippen LogP contribution >= 0.6 is 46.3 Å². The number of hydrogen-bond donors (Lipinski definition) is 1. The maximum atomic E-state index is 12.3. The van der Waals surface area contributed by atoms with Crippen LogP contribution in [0.2, 0.25) is 10.0 Å². The molecule has 29 heavy (non-hydrogen) atoms. The van der Waals surface area contributed by atoms with E-state index in [-0.39, 0.29) is 11.7 Å². The number of hydrogen-bond acceptors (Lipinski definition) is 5. The summed E-state index contributed by atoms with van der Waals surface area (Å²) in [5, 5.41) is 15.0. The van der Waals surface area contributed by atoms with Gasteiger partial charge in [0.25, 0.3) is 0 Å². The van der Waals surface area contributed by atoms with Crippen LogP contribution in [-0.2, 0) is 11.3 Å². The van der Waals surface area contributed by atoms with Crippen LogP contribution in [0.3, 0.4) is 0 Å². The lowest BCUT2D eigenvalue weighted by Crippen LogP contribution is -2.14. The Morgan fingerprint density at radius 1 is 1.31 bits per heavy atom. The van der Waals surface area contributed by atoms with Crippen LogP contribution in [0.25, 0.3) is 11.4 Å². The van der Waals surface area contributed by atoms with Crippen molar-refractivity contribution in [3.63, 3.8) is 0 Å². The van der Waals surface area contributed by atoms with Gasteiger partial charge in [-0.05, 0) is 30.2 Å². The molecule has 0 aliphatic carbocycles. The first-order chi connectivity index (χ1) is 13.9. The highest BCUT2D eigenvalue weighted by Crippen LogP contribution is 2.31. The van der Waals surface area contributed by atoms with Gasteiger partial charge in [0.1, 0.15) is 0 Å². The first kappa shape index (κ1) is 21.9. The van der Waals surface area contributed by atoms with Crippen molar-refractivity contribution in [3.8, 4) is 11.4 Å². The molecule has 1 aromatic carbocycles. The fourth-order valence-corrected chi connectivity index (χ4v) is 4.53. The second-order valence-electron chi connectivity index (χ2n) is 6.56.